The molecule has 29 heavy (non-hydrogen) atoms. The third-order valence-corrected chi connectivity index (χ3v) is 4.74. The Labute approximate surface area is 181 Å². The summed E-state index contributed by atoms with van der Waals surface area (Å²) in [7, 11) is 1.43. The van der Waals surface area contributed by atoms with Gasteiger partial charge in [0, 0.05) is 11.0 Å². The lowest BCUT2D eigenvalue weighted by molar-refractivity contribution is -0.145. The van der Waals surface area contributed by atoms with Crippen LogP contribution in [0.4, 0.5) is 0 Å². The largest absolute Gasteiger partial charge is 0.493 e. The Morgan fingerprint density at radius 3 is 2.69 bits per heavy atom. The maximum absolute atomic E-state index is 12.7. The first-order valence-corrected chi connectivity index (χ1v) is 9.68. The number of amides is 2. The van der Waals surface area contributed by atoms with E-state index in [1.54, 1.807) is 19.1 Å². The molecule has 0 bridgehead atoms. The third-order valence-electron chi connectivity index (χ3n) is 3.73. The van der Waals surface area contributed by atoms with E-state index in [4.69, 9.17) is 26.4 Å². The van der Waals surface area contributed by atoms with Crippen LogP contribution in [0.25, 0.3) is 6.08 Å². The Bertz CT molecular complexity index is 899. The zero-order chi connectivity index (χ0) is 21.6. The van der Waals surface area contributed by atoms with Gasteiger partial charge in [-0.15, -0.1) is 6.58 Å². The number of thiocarbonyl (C=S) groups is 1. The molecule has 0 unspecified atom stereocenters. The van der Waals surface area contributed by atoms with E-state index < -0.39 is 17.8 Å². The van der Waals surface area contributed by atoms with E-state index in [0.29, 0.717) is 21.5 Å². The van der Waals surface area contributed by atoms with E-state index in [9.17, 15) is 14.4 Å². The second-order valence-corrected chi connectivity index (χ2v) is 6.88. The molecule has 2 rings (SSSR count). The van der Waals surface area contributed by atoms with Gasteiger partial charge in [-0.1, -0.05) is 22.0 Å². The van der Waals surface area contributed by atoms with Gasteiger partial charge in [-0.25, -0.2) is 4.79 Å². The molecule has 0 spiro atoms. The topological polar surface area (TPSA) is 94.2 Å². The summed E-state index contributed by atoms with van der Waals surface area (Å²) in [4.78, 5) is 37.7. The number of hydrogen-bond donors (Lipinski definition) is 1. The molecule has 1 aromatic rings. The molecule has 1 aliphatic rings. The number of nitrogens with zero attached hydrogens (tertiary/aromatic N) is 1. The van der Waals surface area contributed by atoms with E-state index in [0.717, 1.165) is 0 Å². The molecule has 1 saturated heterocycles. The van der Waals surface area contributed by atoms with Crippen LogP contribution >= 0.6 is 28.1 Å². The third kappa shape index (κ3) is 5.42. The van der Waals surface area contributed by atoms with E-state index in [-0.39, 0.29) is 30.4 Å². The molecule has 154 valence electrons. The van der Waals surface area contributed by atoms with Crippen molar-refractivity contribution in [2.45, 2.75) is 6.92 Å². The Balaban J connectivity index is 2.35. The summed E-state index contributed by atoms with van der Waals surface area (Å²) in [5.41, 5.74) is 0.401. The number of halogens is 1. The van der Waals surface area contributed by atoms with Crippen molar-refractivity contribution in [1.82, 2.24) is 10.2 Å². The fourth-order valence-electron chi connectivity index (χ4n) is 2.42. The minimum absolute atomic E-state index is 0.0245. The van der Waals surface area contributed by atoms with Gasteiger partial charge in [0.1, 0.15) is 5.57 Å². The van der Waals surface area contributed by atoms with Crippen LogP contribution < -0.4 is 14.8 Å². The first kappa shape index (κ1) is 22.6. The highest BCUT2D eigenvalue weighted by Crippen LogP contribution is 2.35. The summed E-state index contributed by atoms with van der Waals surface area (Å²) < 4.78 is 16.1. The molecule has 8 nitrogen and oxygen atoms in total. The van der Waals surface area contributed by atoms with Crippen LogP contribution in [0, 0.1) is 0 Å². The minimum Gasteiger partial charge on any atom is -0.493 e. The van der Waals surface area contributed by atoms with Crippen molar-refractivity contribution in [1.29, 1.82) is 0 Å². The molecule has 1 heterocycles. The van der Waals surface area contributed by atoms with Gasteiger partial charge in [-0.2, -0.15) is 0 Å². The molecule has 1 aromatic carbocycles. The van der Waals surface area contributed by atoms with Gasteiger partial charge in [0.15, 0.2) is 23.2 Å². The predicted molar refractivity (Wildman–Crippen MR) is 113 cm³/mol. The molecule has 10 heteroatoms. The smallest absolute Gasteiger partial charge is 0.344 e. The van der Waals surface area contributed by atoms with Crippen molar-refractivity contribution in [3.8, 4) is 11.5 Å². The van der Waals surface area contributed by atoms with E-state index in [2.05, 4.69) is 27.8 Å². The molecule has 0 saturated carbocycles. The highest BCUT2D eigenvalue weighted by molar-refractivity contribution is 9.10. The first-order chi connectivity index (χ1) is 13.8. The molecule has 1 aliphatic heterocycles. The second kappa shape index (κ2) is 10.2. The van der Waals surface area contributed by atoms with Crippen LogP contribution in [0.2, 0.25) is 0 Å². The van der Waals surface area contributed by atoms with Crippen molar-refractivity contribution in [3.05, 3.63) is 40.4 Å². The molecule has 1 N–H and O–H groups in total. The van der Waals surface area contributed by atoms with Gasteiger partial charge in [0.2, 0.25) is 0 Å². The fourth-order valence-corrected chi connectivity index (χ4v) is 3.10. The Morgan fingerprint density at radius 1 is 1.34 bits per heavy atom. The van der Waals surface area contributed by atoms with Gasteiger partial charge in [0.05, 0.1) is 13.7 Å². The van der Waals surface area contributed by atoms with Gasteiger partial charge in [-0.05, 0) is 42.9 Å². The van der Waals surface area contributed by atoms with Crippen molar-refractivity contribution in [2.75, 3.05) is 26.9 Å². The lowest BCUT2D eigenvalue weighted by Gasteiger charge is -2.27. The van der Waals surface area contributed by atoms with Crippen molar-refractivity contribution in [2.24, 2.45) is 0 Å². The number of nitrogens with one attached hydrogen (secondary N) is 1. The Kier molecular flexibility index (Phi) is 7.91. The van der Waals surface area contributed by atoms with Gasteiger partial charge < -0.3 is 14.2 Å². The minimum atomic E-state index is -0.603. The van der Waals surface area contributed by atoms with Crippen LogP contribution in [-0.2, 0) is 19.1 Å². The fraction of sp³-hybridized carbons (Fsp3) is 0.263. The molecule has 0 radical (unpaired) electrons. The number of ether oxygens (including phenoxy) is 3. The molecule has 2 amide bonds. The van der Waals surface area contributed by atoms with Crippen LogP contribution in [0.1, 0.15) is 12.5 Å². The lowest BCUT2D eigenvalue weighted by atomic mass is 10.1. The standard InChI is InChI=1S/C19H19BrN2O6S/c1-4-6-22-18(25)12(17(24)21-19(22)29)7-11-8-14(26-3)15(9-13(11)20)28-10-16(23)27-5-2/h4,7-9H,1,5-6,10H2,2-3H3,(H,21,24,29). The van der Waals surface area contributed by atoms with Crippen molar-refractivity contribution >= 4 is 57.1 Å². The van der Waals surface area contributed by atoms with Crippen LogP contribution in [-0.4, -0.2) is 54.7 Å². The van der Waals surface area contributed by atoms with Gasteiger partial charge in [-0.3, -0.25) is 19.8 Å². The Hall–Kier alpha value is -2.72. The van der Waals surface area contributed by atoms with Crippen molar-refractivity contribution < 1.29 is 28.6 Å². The Morgan fingerprint density at radius 2 is 2.07 bits per heavy atom. The zero-order valence-corrected chi connectivity index (χ0v) is 18.2. The summed E-state index contributed by atoms with van der Waals surface area (Å²) in [5.74, 6) is -1.05. The normalized spacial score (nSPS) is 15.2. The van der Waals surface area contributed by atoms with Crippen LogP contribution in [0.15, 0.2) is 34.8 Å². The SMILES string of the molecule is C=CCN1C(=O)C(=Cc2cc(OC)c(OCC(=O)OCC)cc2Br)C(=O)NC1=S. The monoisotopic (exact) mass is 482 g/mol. The number of carbonyl (C=O) groups excluding carboxylic acids is 3. The summed E-state index contributed by atoms with van der Waals surface area (Å²) in [6.07, 6.45) is 2.92. The molecular weight excluding hydrogens is 464 g/mol. The average Bonchev–Trinajstić information content (AvgIpc) is 2.68. The summed E-state index contributed by atoms with van der Waals surface area (Å²) in [5, 5.41) is 2.50. The van der Waals surface area contributed by atoms with Gasteiger partial charge >= 0.3 is 5.97 Å². The molecule has 0 aliphatic carbocycles. The number of rotatable bonds is 8. The highest BCUT2D eigenvalue weighted by atomic mass is 79.9. The van der Waals surface area contributed by atoms with Crippen LogP contribution in [0.5, 0.6) is 11.5 Å². The highest BCUT2D eigenvalue weighted by Gasteiger charge is 2.32. The summed E-state index contributed by atoms with van der Waals surface area (Å²) in [6, 6.07) is 3.14. The zero-order valence-electron chi connectivity index (χ0n) is 15.8. The summed E-state index contributed by atoms with van der Waals surface area (Å²) >= 11 is 8.41. The molecule has 0 aromatic heterocycles. The number of hydrogen-bond acceptors (Lipinski definition) is 7. The number of carbonyl (C=O) groups is 3. The molecule has 1 fully saturated rings. The predicted octanol–water partition coefficient (Wildman–Crippen LogP) is 2.21. The molecular formula is C19H19BrN2O6S. The first-order valence-electron chi connectivity index (χ1n) is 8.48. The van der Waals surface area contributed by atoms with Crippen molar-refractivity contribution in [3.63, 3.8) is 0 Å². The quantitative estimate of drug-likeness (QED) is 0.199. The maximum Gasteiger partial charge on any atom is 0.344 e. The average molecular weight is 483 g/mol. The van der Waals surface area contributed by atoms with E-state index in [1.165, 1.54) is 24.2 Å². The van der Waals surface area contributed by atoms with E-state index in [1.807, 2.05) is 0 Å². The number of benzene rings is 1. The number of methoxy groups -OCH3 is 1. The summed E-state index contributed by atoms with van der Waals surface area (Å²) in [6.45, 7) is 5.41. The van der Waals surface area contributed by atoms with E-state index >= 15 is 0 Å². The molecule has 0 atom stereocenters. The van der Waals surface area contributed by atoms with Crippen LogP contribution in [0.3, 0.4) is 0 Å². The lowest BCUT2D eigenvalue weighted by Crippen LogP contribution is -2.53. The maximum atomic E-state index is 12.7. The van der Waals surface area contributed by atoms with Gasteiger partial charge in [0.25, 0.3) is 11.8 Å². The number of esters is 1. The second-order valence-electron chi connectivity index (χ2n) is 5.64.